The summed E-state index contributed by atoms with van der Waals surface area (Å²) < 4.78 is 4.82. The summed E-state index contributed by atoms with van der Waals surface area (Å²) in [7, 11) is 1.58. The standard InChI is InChI=1S/C12H16N2O4S/c1-18-7-6-13-12(15)9-19-8-10-2-4-11(5-3-10)14(16)17/h2-5H,6-9H2,1H3,(H,13,15). The van der Waals surface area contributed by atoms with Crippen LogP contribution in [-0.4, -0.2) is 36.8 Å². The summed E-state index contributed by atoms with van der Waals surface area (Å²) in [5, 5.41) is 13.2. The van der Waals surface area contributed by atoms with Crippen LogP contribution in [0.3, 0.4) is 0 Å². The van der Waals surface area contributed by atoms with Gasteiger partial charge in [0.1, 0.15) is 0 Å². The predicted octanol–water partition coefficient (Wildman–Crippen LogP) is 1.59. The Morgan fingerprint density at radius 3 is 2.68 bits per heavy atom. The molecule has 0 aliphatic heterocycles. The van der Waals surface area contributed by atoms with E-state index in [-0.39, 0.29) is 11.6 Å². The van der Waals surface area contributed by atoms with Gasteiger partial charge >= 0.3 is 0 Å². The van der Waals surface area contributed by atoms with Crippen LogP contribution in [0.25, 0.3) is 0 Å². The summed E-state index contributed by atoms with van der Waals surface area (Å²) in [5.74, 6) is 0.972. The summed E-state index contributed by atoms with van der Waals surface area (Å²) >= 11 is 1.46. The summed E-state index contributed by atoms with van der Waals surface area (Å²) in [6.45, 7) is 1.01. The highest BCUT2D eigenvalue weighted by molar-refractivity contribution is 7.99. The molecule has 0 aromatic heterocycles. The van der Waals surface area contributed by atoms with Gasteiger partial charge in [0.15, 0.2) is 0 Å². The monoisotopic (exact) mass is 284 g/mol. The molecule has 0 spiro atoms. The smallest absolute Gasteiger partial charge is 0.269 e. The number of nitrogens with zero attached hydrogens (tertiary/aromatic N) is 1. The molecular weight excluding hydrogens is 268 g/mol. The highest BCUT2D eigenvalue weighted by atomic mass is 32.2. The van der Waals surface area contributed by atoms with Gasteiger partial charge in [0, 0.05) is 31.5 Å². The average Bonchev–Trinajstić information content (AvgIpc) is 2.39. The third-order valence-corrected chi connectivity index (χ3v) is 3.28. The Labute approximate surface area is 115 Å². The molecule has 1 amide bonds. The van der Waals surface area contributed by atoms with Crippen molar-refractivity contribution in [1.29, 1.82) is 0 Å². The fourth-order valence-corrected chi connectivity index (χ4v) is 2.14. The molecule has 0 radical (unpaired) electrons. The number of non-ortho nitro benzene ring substituents is 1. The Kier molecular flexibility index (Phi) is 6.91. The number of nitrogens with one attached hydrogen (secondary N) is 1. The summed E-state index contributed by atoms with van der Waals surface area (Å²) in [5.41, 5.74) is 1.03. The van der Waals surface area contributed by atoms with Gasteiger partial charge in [-0.25, -0.2) is 0 Å². The second kappa shape index (κ2) is 8.49. The van der Waals surface area contributed by atoms with E-state index in [0.717, 1.165) is 5.56 Å². The third-order valence-electron chi connectivity index (χ3n) is 2.28. The molecule has 6 nitrogen and oxygen atoms in total. The second-order valence-corrected chi connectivity index (χ2v) is 4.74. The van der Waals surface area contributed by atoms with Gasteiger partial charge in [-0.3, -0.25) is 14.9 Å². The SMILES string of the molecule is COCCNC(=O)CSCc1ccc([N+](=O)[O-])cc1. The molecule has 1 N–H and O–H groups in total. The van der Waals surface area contributed by atoms with Crippen molar-refractivity contribution in [3.8, 4) is 0 Å². The van der Waals surface area contributed by atoms with Crippen LogP contribution in [-0.2, 0) is 15.3 Å². The number of benzene rings is 1. The minimum absolute atomic E-state index is 0.0380. The predicted molar refractivity (Wildman–Crippen MR) is 74.1 cm³/mol. The highest BCUT2D eigenvalue weighted by Crippen LogP contribution is 2.16. The fourth-order valence-electron chi connectivity index (χ4n) is 1.32. The number of carbonyl (C=O) groups excluding carboxylic acids is 1. The molecule has 0 aliphatic carbocycles. The zero-order valence-electron chi connectivity index (χ0n) is 10.6. The molecule has 0 bridgehead atoms. The van der Waals surface area contributed by atoms with E-state index < -0.39 is 4.92 Å². The number of ether oxygens (including phenoxy) is 1. The molecule has 1 rings (SSSR count). The van der Waals surface area contributed by atoms with Crippen molar-refractivity contribution >= 4 is 23.4 Å². The quantitative estimate of drug-likeness (QED) is 0.445. The van der Waals surface area contributed by atoms with Crippen molar-refractivity contribution in [2.75, 3.05) is 26.0 Å². The van der Waals surface area contributed by atoms with Crippen LogP contribution in [0.15, 0.2) is 24.3 Å². The molecule has 0 heterocycles. The normalized spacial score (nSPS) is 10.2. The van der Waals surface area contributed by atoms with Crippen molar-refractivity contribution < 1.29 is 14.5 Å². The lowest BCUT2D eigenvalue weighted by atomic mass is 10.2. The number of rotatable bonds is 8. The van der Waals surface area contributed by atoms with Crippen LogP contribution in [0, 0.1) is 10.1 Å². The van der Waals surface area contributed by atoms with Gasteiger partial charge in [-0.2, -0.15) is 0 Å². The first-order valence-electron chi connectivity index (χ1n) is 5.70. The highest BCUT2D eigenvalue weighted by Gasteiger charge is 2.05. The second-order valence-electron chi connectivity index (χ2n) is 3.76. The average molecular weight is 284 g/mol. The number of thioether (sulfide) groups is 1. The molecule has 0 saturated carbocycles. The Hall–Kier alpha value is -1.60. The minimum atomic E-state index is -0.430. The number of nitro groups is 1. The van der Waals surface area contributed by atoms with E-state index in [1.165, 1.54) is 23.9 Å². The van der Waals surface area contributed by atoms with E-state index in [2.05, 4.69) is 5.32 Å². The first-order chi connectivity index (χ1) is 9.13. The lowest BCUT2D eigenvalue weighted by Crippen LogP contribution is -2.28. The molecule has 0 aliphatic rings. The lowest BCUT2D eigenvalue weighted by molar-refractivity contribution is -0.384. The maximum absolute atomic E-state index is 11.4. The Balaban J connectivity index is 2.25. The van der Waals surface area contributed by atoms with Gasteiger partial charge in [-0.1, -0.05) is 12.1 Å². The summed E-state index contributed by atoms with van der Waals surface area (Å²) in [6, 6.07) is 6.34. The van der Waals surface area contributed by atoms with Crippen LogP contribution in [0.5, 0.6) is 0 Å². The van der Waals surface area contributed by atoms with E-state index in [1.807, 2.05) is 0 Å². The first kappa shape index (κ1) is 15.5. The van der Waals surface area contributed by atoms with Crippen LogP contribution in [0.4, 0.5) is 5.69 Å². The number of amides is 1. The number of hydrogen-bond acceptors (Lipinski definition) is 5. The topological polar surface area (TPSA) is 81.5 Å². The lowest BCUT2D eigenvalue weighted by Gasteiger charge is -2.04. The van der Waals surface area contributed by atoms with Crippen LogP contribution < -0.4 is 5.32 Å². The molecule has 0 unspecified atom stereocenters. The van der Waals surface area contributed by atoms with E-state index in [0.29, 0.717) is 24.7 Å². The van der Waals surface area contributed by atoms with Crippen LogP contribution >= 0.6 is 11.8 Å². The molecule has 0 fully saturated rings. The van der Waals surface area contributed by atoms with E-state index in [1.54, 1.807) is 19.2 Å². The van der Waals surface area contributed by atoms with Crippen molar-refractivity contribution in [2.45, 2.75) is 5.75 Å². The van der Waals surface area contributed by atoms with Crippen molar-refractivity contribution in [3.63, 3.8) is 0 Å². The van der Waals surface area contributed by atoms with E-state index in [4.69, 9.17) is 4.74 Å². The van der Waals surface area contributed by atoms with Gasteiger partial charge in [0.2, 0.25) is 5.91 Å². The molecule has 0 atom stereocenters. The molecular formula is C12H16N2O4S. The van der Waals surface area contributed by atoms with Crippen LogP contribution in [0.2, 0.25) is 0 Å². The third kappa shape index (κ3) is 6.21. The van der Waals surface area contributed by atoms with Gasteiger partial charge in [-0.15, -0.1) is 11.8 Å². The van der Waals surface area contributed by atoms with Gasteiger partial charge in [0.05, 0.1) is 17.3 Å². The van der Waals surface area contributed by atoms with E-state index >= 15 is 0 Å². The Morgan fingerprint density at radius 1 is 1.42 bits per heavy atom. The van der Waals surface area contributed by atoms with Gasteiger partial charge in [-0.05, 0) is 5.56 Å². The number of hydrogen-bond donors (Lipinski definition) is 1. The van der Waals surface area contributed by atoms with Crippen molar-refractivity contribution in [1.82, 2.24) is 5.32 Å². The largest absolute Gasteiger partial charge is 0.383 e. The van der Waals surface area contributed by atoms with Crippen molar-refractivity contribution in [2.24, 2.45) is 0 Å². The van der Waals surface area contributed by atoms with Gasteiger partial charge < -0.3 is 10.1 Å². The molecule has 1 aromatic carbocycles. The Bertz CT molecular complexity index is 422. The van der Waals surface area contributed by atoms with Crippen molar-refractivity contribution in [3.05, 3.63) is 39.9 Å². The number of carbonyl (C=O) groups is 1. The zero-order valence-corrected chi connectivity index (χ0v) is 11.4. The molecule has 0 saturated heterocycles. The van der Waals surface area contributed by atoms with E-state index in [9.17, 15) is 14.9 Å². The van der Waals surface area contributed by atoms with Gasteiger partial charge in [0.25, 0.3) is 5.69 Å². The first-order valence-corrected chi connectivity index (χ1v) is 6.85. The van der Waals surface area contributed by atoms with Crippen LogP contribution in [0.1, 0.15) is 5.56 Å². The molecule has 104 valence electrons. The number of methoxy groups -OCH3 is 1. The maximum Gasteiger partial charge on any atom is 0.269 e. The summed E-state index contributed by atoms with van der Waals surface area (Å²) in [6.07, 6.45) is 0. The molecule has 1 aromatic rings. The number of nitro benzene ring substituents is 1. The Morgan fingerprint density at radius 2 is 2.11 bits per heavy atom. The zero-order chi connectivity index (χ0) is 14.1. The minimum Gasteiger partial charge on any atom is -0.383 e. The fraction of sp³-hybridized carbons (Fsp3) is 0.417. The maximum atomic E-state index is 11.4. The molecule has 19 heavy (non-hydrogen) atoms. The molecule has 7 heteroatoms. The summed E-state index contributed by atoms with van der Waals surface area (Å²) in [4.78, 5) is 21.4.